The Hall–Kier alpha value is -9.46. The molecular weight excluding hydrogens is 1380 g/mol. The third-order valence-corrected chi connectivity index (χ3v) is 17.4. The highest BCUT2D eigenvalue weighted by Gasteiger charge is 2.58. The van der Waals surface area contributed by atoms with E-state index in [1.807, 2.05) is 115 Å². The average molecular weight is 1480 g/mol. The molecule has 10 rings (SSSR count). The van der Waals surface area contributed by atoms with Gasteiger partial charge in [-0.15, -0.1) is 0 Å². The maximum atomic E-state index is 12.1. The van der Waals surface area contributed by atoms with Crippen molar-refractivity contribution in [1.29, 1.82) is 0 Å². The van der Waals surface area contributed by atoms with Crippen LogP contribution in [0.15, 0.2) is 103 Å². The lowest BCUT2D eigenvalue weighted by Crippen LogP contribution is -2.54. The second kappa shape index (κ2) is 42.2. The van der Waals surface area contributed by atoms with E-state index in [4.69, 9.17) is 100.0 Å². The zero-order valence-electron chi connectivity index (χ0n) is 61.4. The fourth-order valence-electron chi connectivity index (χ4n) is 12.0. The molecule has 8 bridgehead atoms. The number of carbonyl (C=O) groups is 2. The molecule has 107 heavy (non-hydrogen) atoms. The van der Waals surface area contributed by atoms with Gasteiger partial charge in [0.2, 0.25) is 0 Å². The number of aromatic nitrogens is 4. The average Bonchev–Trinajstić information content (AvgIpc) is 1.59. The number of nitrogens with zero attached hydrogens (tertiary/aromatic N) is 2. The van der Waals surface area contributed by atoms with Crippen molar-refractivity contribution in [2.45, 2.75) is 18.9 Å². The third kappa shape index (κ3) is 22.1. The lowest BCUT2D eigenvalue weighted by molar-refractivity contribution is -0.178. The van der Waals surface area contributed by atoms with E-state index in [0.717, 1.165) is 22.3 Å². The van der Waals surface area contributed by atoms with Crippen LogP contribution < -0.4 is 33.2 Å². The highest BCUT2D eigenvalue weighted by Crippen LogP contribution is 2.46. The Morgan fingerprint density at radius 1 is 0.336 bits per heavy atom. The van der Waals surface area contributed by atoms with Crippen LogP contribution in [0.1, 0.15) is 35.6 Å². The molecule has 0 saturated heterocycles. The van der Waals surface area contributed by atoms with E-state index in [2.05, 4.69) is 9.97 Å². The number of carboxylic acids is 2. The lowest BCUT2D eigenvalue weighted by atomic mass is 9.66. The summed E-state index contributed by atoms with van der Waals surface area (Å²) in [6, 6.07) is 32.7. The van der Waals surface area contributed by atoms with Gasteiger partial charge in [-0.2, -0.15) is 0 Å². The van der Waals surface area contributed by atoms with Crippen molar-refractivity contribution in [3.05, 3.63) is 126 Å². The van der Waals surface area contributed by atoms with Gasteiger partial charge in [0.05, 0.1) is 142 Å². The number of aliphatic carboxylic acids is 2. The van der Waals surface area contributed by atoms with Gasteiger partial charge < -0.3 is 110 Å². The van der Waals surface area contributed by atoms with Crippen LogP contribution in [0.3, 0.4) is 0 Å². The van der Waals surface area contributed by atoms with Gasteiger partial charge in [0, 0.05) is 99.8 Å². The summed E-state index contributed by atoms with van der Waals surface area (Å²) in [5.41, 5.74) is 8.85. The first-order valence-corrected chi connectivity index (χ1v) is 35.5. The molecule has 0 unspecified atom stereocenters. The molecule has 0 radical (unpaired) electrons. The van der Waals surface area contributed by atoms with Crippen LogP contribution >= 0.6 is 0 Å². The molecule has 1 fully saturated rings. The minimum Gasteiger partial charge on any atom is -0.490 e. The predicted octanol–water partition coefficient (Wildman–Crippen LogP) is 11.3. The summed E-state index contributed by atoms with van der Waals surface area (Å²) in [5.74, 6) is 0.432. The second-order valence-electron chi connectivity index (χ2n) is 24.6. The van der Waals surface area contributed by atoms with Gasteiger partial charge in [0.1, 0.15) is 51.5 Å². The van der Waals surface area contributed by atoms with E-state index in [0.29, 0.717) is 206 Å². The van der Waals surface area contributed by atoms with Crippen LogP contribution in [0.4, 0.5) is 0 Å². The summed E-state index contributed by atoms with van der Waals surface area (Å²) < 4.78 is 111. The molecule has 3 aromatic heterocycles. The number of hydrogen-bond donors (Lipinski definition) is 4. The molecule has 0 atom stereocenters. The topological polar surface area (TPSA) is 307 Å². The normalized spacial score (nSPS) is 13.0. The zero-order chi connectivity index (χ0) is 75.0. The van der Waals surface area contributed by atoms with Gasteiger partial charge in [-0.05, 0) is 119 Å². The van der Waals surface area contributed by atoms with E-state index < -0.39 is 23.5 Å². The van der Waals surface area contributed by atoms with Crippen LogP contribution in [-0.4, -0.2) is 249 Å². The van der Waals surface area contributed by atoms with Gasteiger partial charge in [-0.25, -0.2) is 9.97 Å². The Labute approximate surface area is 621 Å². The van der Waals surface area contributed by atoms with E-state index in [-0.39, 0.29) is 72.3 Å². The summed E-state index contributed by atoms with van der Waals surface area (Å²) in [6.07, 6.45) is 6.90. The van der Waals surface area contributed by atoms with E-state index in [1.54, 1.807) is 54.8 Å². The quantitative estimate of drug-likeness (QED) is 0.0203. The number of rotatable bonds is 50. The van der Waals surface area contributed by atoms with Gasteiger partial charge in [-0.1, -0.05) is 30.3 Å². The molecule has 1 aliphatic carbocycles. The van der Waals surface area contributed by atoms with Crippen LogP contribution in [0.5, 0.6) is 40.2 Å². The molecule has 0 amide bonds. The lowest BCUT2D eigenvalue weighted by Gasteiger charge is -2.40. The summed E-state index contributed by atoms with van der Waals surface area (Å²) in [5, 5.41) is 19.8. The third-order valence-electron chi connectivity index (χ3n) is 17.4. The molecule has 27 heteroatoms. The van der Waals surface area contributed by atoms with E-state index >= 15 is 0 Å². The molecular formula is C80H96N4O23. The van der Waals surface area contributed by atoms with Crippen LogP contribution in [0.25, 0.3) is 90.9 Å². The van der Waals surface area contributed by atoms with Gasteiger partial charge in [-0.3, -0.25) is 9.59 Å². The minimum absolute atomic E-state index is 0.187. The predicted molar refractivity (Wildman–Crippen MR) is 401 cm³/mol. The highest BCUT2D eigenvalue weighted by atomic mass is 16.6. The Balaban J connectivity index is 1.21. The number of hydrogen-bond acceptors (Lipinski definition) is 23. The molecule has 0 spiro atoms. The monoisotopic (exact) mass is 1480 g/mol. The molecule has 2 aliphatic heterocycles. The standard InChI is InChI=1S/C80H96N4O23/c1-89-25-31-95-37-43-101-68-22-9-55(49-71(68)104-46-40-98-34-28-92-4)75-62-16-14-60(81-62)74(54-7-12-58(13-8-54)107-59-52-80(53-59,78(85)86)79(87)88)61-15-17-63(82-61)76(56-10-23-69(102-44-38-96-32-26-90-2)72(50-56)105-47-41-99-35-29-93-5)65-19-21-67(84-65)77(66-20-18-64(75)83-66)57-11-24-70(103-45-39-97-33-27-91-3)73(51-57)106-48-42-100-36-30-94-6/h7-24,49-51,59,81,84H,25-48,52-53H2,1-6H3,(H,85,86)(H,87,88). The van der Waals surface area contributed by atoms with Crippen molar-refractivity contribution >= 4 is 58.3 Å². The number of nitrogens with one attached hydrogen (secondary N) is 2. The second-order valence-corrected chi connectivity index (χ2v) is 24.6. The summed E-state index contributed by atoms with van der Waals surface area (Å²) in [6.45, 7) is 7.96. The van der Waals surface area contributed by atoms with Crippen molar-refractivity contribution < 1.29 is 110 Å². The first kappa shape index (κ1) is 80.1. The highest BCUT2D eigenvalue weighted by molar-refractivity contribution is 6.01. The van der Waals surface area contributed by atoms with Gasteiger partial charge in [0.25, 0.3) is 0 Å². The minimum atomic E-state index is -1.92. The molecule has 1 saturated carbocycles. The van der Waals surface area contributed by atoms with Crippen molar-refractivity contribution in [2.24, 2.45) is 5.41 Å². The fraction of sp³-hybridized carbons (Fsp3) is 0.425. The largest absolute Gasteiger partial charge is 0.490 e. The van der Waals surface area contributed by atoms with Crippen LogP contribution in [0.2, 0.25) is 0 Å². The zero-order valence-corrected chi connectivity index (χ0v) is 61.4. The van der Waals surface area contributed by atoms with E-state index in [9.17, 15) is 19.8 Å². The fourth-order valence-corrected chi connectivity index (χ4v) is 12.0. The van der Waals surface area contributed by atoms with Crippen molar-refractivity contribution in [3.8, 4) is 84.8 Å². The van der Waals surface area contributed by atoms with Crippen LogP contribution in [0, 0.1) is 5.41 Å². The SMILES string of the molecule is COCCOCCOc1ccc(-c2c3nc(c(-c4ccc(OCCOCCOC)c(OCCOCCOC)c4)c4ccc([nH]4)c(-c4ccc(OCCOCCOC)c(OCCOCCOC)c4)c4nc(c(-c5ccc(OC6CC(C(=O)O)(C(=O)O)C6)cc5)c5ccc2[nH]5)C=C4)C=C3)cc1OCCOCCOC. The van der Waals surface area contributed by atoms with Gasteiger partial charge in [0.15, 0.2) is 39.9 Å². The van der Waals surface area contributed by atoms with Crippen molar-refractivity contribution in [1.82, 2.24) is 19.9 Å². The number of fused-ring (bicyclic) bond motifs is 8. The Morgan fingerprint density at radius 3 is 0.860 bits per heavy atom. The van der Waals surface area contributed by atoms with Crippen LogP contribution in [-0.2, 0) is 66.4 Å². The molecule has 5 heterocycles. The van der Waals surface area contributed by atoms with Gasteiger partial charge >= 0.3 is 11.9 Å². The molecule has 4 N–H and O–H groups in total. The molecule has 574 valence electrons. The Kier molecular flexibility index (Phi) is 31.6. The van der Waals surface area contributed by atoms with E-state index in [1.165, 1.54) is 0 Å². The number of carboxylic acid groups (broad SMARTS) is 2. The first-order valence-electron chi connectivity index (χ1n) is 35.5. The molecule has 3 aliphatic rings. The number of methoxy groups -OCH3 is 6. The first-order chi connectivity index (χ1) is 52.5. The Morgan fingerprint density at radius 2 is 0.589 bits per heavy atom. The molecule has 7 aromatic rings. The van der Waals surface area contributed by atoms with Crippen molar-refractivity contribution in [3.63, 3.8) is 0 Å². The molecule has 27 nitrogen and oxygen atoms in total. The maximum absolute atomic E-state index is 12.1. The molecule has 4 aromatic carbocycles. The summed E-state index contributed by atoms with van der Waals surface area (Å²) >= 11 is 0. The number of benzene rings is 4. The summed E-state index contributed by atoms with van der Waals surface area (Å²) in [4.78, 5) is 43.2. The maximum Gasteiger partial charge on any atom is 0.321 e. The smallest absolute Gasteiger partial charge is 0.321 e. The number of ether oxygens (including phenoxy) is 19. The number of H-pyrrole nitrogens is 2. The van der Waals surface area contributed by atoms with Crippen molar-refractivity contribution in [2.75, 3.05) is 201 Å². The number of aromatic amines is 2. The Bertz CT molecular complexity index is 4130. The summed E-state index contributed by atoms with van der Waals surface area (Å²) in [7, 11) is 9.72.